The van der Waals surface area contributed by atoms with Gasteiger partial charge in [0.25, 0.3) is 17.5 Å². The Hall–Kier alpha value is -3.55. The zero-order valence-electron chi connectivity index (χ0n) is 12.2. The van der Waals surface area contributed by atoms with Gasteiger partial charge < -0.3 is 0 Å². The number of hydrogen-bond acceptors (Lipinski definition) is 4. The fourth-order valence-corrected chi connectivity index (χ4v) is 1.71. The van der Waals surface area contributed by atoms with Gasteiger partial charge in [-0.05, 0) is 48.0 Å². The lowest BCUT2D eigenvalue weighted by molar-refractivity contribution is -0.384. The molecule has 0 atom stereocenters. The number of non-ortho nitro benzene ring substituents is 1. The van der Waals surface area contributed by atoms with Crippen molar-refractivity contribution in [2.45, 2.75) is 0 Å². The largest absolute Gasteiger partial charge is 0.269 e. The fourth-order valence-electron chi connectivity index (χ4n) is 1.71. The average Bonchev–Trinajstić information content (AvgIpc) is 2.58. The zero-order valence-corrected chi connectivity index (χ0v) is 12.2. The summed E-state index contributed by atoms with van der Waals surface area (Å²) >= 11 is 0. The quantitative estimate of drug-likeness (QED) is 0.510. The summed E-state index contributed by atoms with van der Waals surface area (Å²) in [6, 6.07) is 10.4. The minimum Gasteiger partial charge on any atom is -0.268 e. The van der Waals surface area contributed by atoms with Crippen molar-refractivity contribution >= 4 is 23.6 Å². The van der Waals surface area contributed by atoms with Crippen molar-refractivity contribution in [3.05, 3.63) is 81.7 Å². The lowest BCUT2D eigenvalue weighted by Gasteiger charge is -2.05. The summed E-state index contributed by atoms with van der Waals surface area (Å²) in [6.07, 6.45) is 2.59. The molecule has 0 unspecified atom stereocenters. The van der Waals surface area contributed by atoms with Crippen LogP contribution in [0.3, 0.4) is 0 Å². The van der Waals surface area contributed by atoms with E-state index in [1.807, 2.05) is 0 Å². The molecule has 0 aliphatic heterocycles. The molecular formula is C16H12FN3O4. The molecule has 0 spiro atoms. The number of carbonyl (C=O) groups is 2. The molecule has 122 valence electrons. The Morgan fingerprint density at radius 3 is 2.21 bits per heavy atom. The third kappa shape index (κ3) is 4.73. The van der Waals surface area contributed by atoms with Crippen molar-refractivity contribution in [1.82, 2.24) is 10.9 Å². The second-order valence-electron chi connectivity index (χ2n) is 4.63. The lowest BCUT2D eigenvalue weighted by atomic mass is 10.2. The van der Waals surface area contributed by atoms with Gasteiger partial charge in [0.05, 0.1) is 4.92 Å². The van der Waals surface area contributed by atoms with E-state index in [2.05, 4.69) is 10.9 Å². The van der Waals surface area contributed by atoms with Crippen molar-refractivity contribution < 1.29 is 18.9 Å². The van der Waals surface area contributed by atoms with Crippen molar-refractivity contribution in [2.75, 3.05) is 0 Å². The topological polar surface area (TPSA) is 101 Å². The summed E-state index contributed by atoms with van der Waals surface area (Å²) in [5.41, 5.74) is 5.07. The summed E-state index contributed by atoms with van der Waals surface area (Å²) in [5, 5.41) is 10.5. The molecule has 0 bridgehead atoms. The number of carbonyl (C=O) groups excluding carboxylic acids is 2. The van der Waals surface area contributed by atoms with Crippen LogP contribution in [-0.2, 0) is 4.79 Å². The molecule has 0 saturated heterocycles. The lowest BCUT2D eigenvalue weighted by Crippen LogP contribution is -2.40. The van der Waals surface area contributed by atoms with Gasteiger partial charge in [-0.3, -0.25) is 30.6 Å². The molecule has 2 aromatic rings. The molecule has 8 heteroatoms. The Labute approximate surface area is 135 Å². The van der Waals surface area contributed by atoms with Crippen LogP contribution < -0.4 is 10.9 Å². The summed E-state index contributed by atoms with van der Waals surface area (Å²) in [5.74, 6) is -1.66. The van der Waals surface area contributed by atoms with Crippen LogP contribution in [0, 0.1) is 15.9 Å². The van der Waals surface area contributed by atoms with E-state index >= 15 is 0 Å². The van der Waals surface area contributed by atoms with E-state index in [1.165, 1.54) is 42.5 Å². The number of rotatable bonds is 4. The highest BCUT2D eigenvalue weighted by Crippen LogP contribution is 2.12. The highest BCUT2D eigenvalue weighted by Gasteiger charge is 2.06. The van der Waals surface area contributed by atoms with Gasteiger partial charge in [0, 0.05) is 23.8 Å². The van der Waals surface area contributed by atoms with E-state index in [-0.39, 0.29) is 11.3 Å². The fraction of sp³-hybridized carbons (Fsp3) is 0. The number of hydrazine groups is 1. The van der Waals surface area contributed by atoms with Gasteiger partial charge in [-0.15, -0.1) is 0 Å². The molecule has 2 N–H and O–H groups in total. The van der Waals surface area contributed by atoms with E-state index in [4.69, 9.17) is 0 Å². The predicted octanol–water partition coefficient (Wildman–Crippen LogP) is 2.21. The third-order valence-electron chi connectivity index (χ3n) is 2.94. The Bertz CT molecular complexity index is 786. The van der Waals surface area contributed by atoms with Crippen molar-refractivity contribution in [3.8, 4) is 0 Å². The minimum absolute atomic E-state index is 0.0526. The Morgan fingerprint density at radius 1 is 1.00 bits per heavy atom. The van der Waals surface area contributed by atoms with Crippen LogP contribution in [-0.4, -0.2) is 16.7 Å². The molecule has 0 aliphatic rings. The third-order valence-corrected chi connectivity index (χ3v) is 2.94. The normalized spacial score (nSPS) is 10.4. The summed E-state index contributed by atoms with van der Waals surface area (Å²) in [4.78, 5) is 33.3. The maximum atomic E-state index is 12.7. The van der Waals surface area contributed by atoms with Crippen LogP contribution in [0.5, 0.6) is 0 Å². The molecular weight excluding hydrogens is 317 g/mol. The monoisotopic (exact) mass is 329 g/mol. The summed E-state index contributed by atoms with van der Waals surface area (Å²) < 4.78 is 12.7. The van der Waals surface area contributed by atoms with Crippen LogP contribution in [0.15, 0.2) is 54.6 Å². The van der Waals surface area contributed by atoms with Crippen LogP contribution in [0.4, 0.5) is 10.1 Å². The molecule has 2 rings (SSSR count). The van der Waals surface area contributed by atoms with E-state index < -0.39 is 22.6 Å². The van der Waals surface area contributed by atoms with E-state index in [9.17, 15) is 24.1 Å². The molecule has 2 amide bonds. The first-order valence-corrected chi connectivity index (χ1v) is 6.74. The minimum atomic E-state index is -0.594. The first kappa shape index (κ1) is 16.8. The molecule has 24 heavy (non-hydrogen) atoms. The molecule has 2 aromatic carbocycles. The van der Waals surface area contributed by atoms with Gasteiger partial charge in [0.15, 0.2) is 0 Å². The SMILES string of the molecule is O=C(/C=C/c1ccc([N+](=O)[O-])cc1)NNC(=O)c1ccc(F)cc1. The van der Waals surface area contributed by atoms with Crippen LogP contribution in [0.25, 0.3) is 6.08 Å². The predicted molar refractivity (Wildman–Crippen MR) is 84.1 cm³/mol. The van der Waals surface area contributed by atoms with Gasteiger partial charge >= 0.3 is 0 Å². The van der Waals surface area contributed by atoms with Gasteiger partial charge in [-0.25, -0.2) is 4.39 Å². The van der Waals surface area contributed by atoms with Gasteiger partial charge in [0.1, 0.15) is 5.82 Å². The Kier molecular flexibility index (Phi) is 5.35. The van der Waals surface area contributed by atoms with E-state index in [0.717, 1.165) is 18.2 Å². The van der Waals surface area contributed by atoms with Crippen molar-refractivity contribution in [3.63, 3.8) is 0 Å². The van der Waals surface area contributed by atoms with Gasteiger partial charge in [0.2, 0.25) is 0 Å². The number of benzene rings is 2. The van der Waals surface area contributed by atoms with Gasteiger partial charge in [-0.2, -0.15) is 0 Å². The van der Waals surface area contributed by atoms with Crippen LogP contribution in [0.1, 0.15) is 15.9 Å². The first-order chi connectivity index (χ1) is 11.5. The maximum Gasteiger partial charge on any atom is 0.269 e. The smallest absolute Gasteiger partial charge is 0.268 e. The number of nitrogens with zero attached hydrogens (tertiary/aromatic N) is 1. The molecule has 7 nitrogen and oxygen atoms in total. The molecule has 0 fully saturated rings. The Balaban J connectivity index is 1.87. The highest BCUT2D eigenvalue weighted by atomic mass is 19.1. The molecule has 0 heterocycles. The van der Waals surface area contributed by atoms with Gasteiger partial charge in [-0.1, -0.05) is 0 Å². The maximum absolute atomic E-state index is 12.7. The number of nitro benzene ring substituents is 1. The second kappa shape index (κ2) is 7.63. The molecule has 0 radical (unpaired) electrons. The zero-order chi connectivity index (χ0) is 17.5. The molecule has 0 aromatic heterocycles. The molecule has 0 aliphatic carbocycles. The van der Waals surface area contributed by atoms with E-state index in [0.29, 0.717) is 5.56 Å². The highest BCUT2D eigenvalue weighted by molar-refractivity contribution is 5.97. The van der Waals surface area contributed by atoms with Crippen LogP contribution >= 0.6 is 0 Å². The number of amides is 2. The number of halogens is 1. The number of nitro groups is 1. The number of nitrogens with one attached hydrogen (secondary N) is 2. The standard InChI is InChI=1S/C16H12FN3O4/c17-13-6-4-12(5-7-13)16(22)19-18-15(21)10-3-11-1-8-14(9-2-11)20(23)24/h1-10H,(H,18,21)(H,19,22)/b10-3+. The number of hydrogen-bond donors (Lipinski definition) is 2. The first-order valence-electron chi connectivity index (χ1n) is 6.74. The van der Waals surface area contributed by atoms with Crippen molar-refractivity contribution in [2.24, 2.45) is 0 Å². The summed E-state index contributed by atoms with van der Waals surface area (Å²) in [6.45, 7) is 0. The van der Waals surface area contributed by atoms with Crippen molar-refractivity contribution in [1.29, 1.82) is 0 Å². The van der Waals surface area contributed by atoms with E-state index in [1.54, 1.807) is 0 Å². The molecule has 0 saturated carbocycles. The average molecular weight is 329 g/mol. The van der Waals surface area contributed by atoms with Crippen LogP contribution in [0.2, 0.25) is 0 Å². The Morgan fingerprint density at radius 2 is 1.62 bits per heavy atom. The second-order valence-corrected chi connectivity index (χ2v) is 4.63. The summed E-state index contributed by atoms with van der Waals surface area (Å²) in [7, 11) is 0.